The molecule has 1 aromatic heterocycles. The summed E-state index contributed by atoms with van der Waals surface area (Å²) >= 11 is 4.86. The highest BCUT2D eigenvalue weighted by atomic mass is 32.2. The largest absolute Gasteiger partial charge is 0.369 e. The van der Waals surface area contributed by atoms with E-state index in [1.165, 1.54) is 0 Å². The predicted molar refractivity (Wildman–Crippen MR) is 76.1 cm³/mol. The Kier molecular flexibility index (Phi) is 3.13. The maximum atomic E-state index is 12.1. The SMILES string of the molecule is NC(=O)C1CSc2sc(N3C=CSC3)cc2C1=O. The molecule has 7 heteroatoms. The van der Waals surface area contributed by atoms with Gasteiger partial charge >= 0.3 is 0 Å². The minimum Gasteiger partial charge on any atom is -0.369 e. The summed E-state index contributed by atoms with van der Waals surface area (Å²) in [5.41, 5.74) is 5.90. The van der Waals surface area contributed by atoms with Crippen LogP contribution in [0.15, 0.2) is 21.9 Å². The second kappa shape index (κ2) is 4.64. The fourth-order valence-corrected chi connectivity index (χ4v) is 5.15. The number of Topliss-reactive ketones (excluding diaryl/α,β-unsaturated/α-hetero) is 1. The van der Waals surface area contributed by atoms with Gasteiger partial charge in [0.25, 0.3) is 0 Å². The van der Waals surface area contributed by atoms with Crippen molar-refractivity contribution in [2.45, 2.75) is 4.21 Å². The number of hydrogen-bond acceptors (Lipinski definition) is 6. The molecule has 3 heterocycles. The molecule has 94 valence electrons. The van der Waals surface area contributed by atoms with Crippen molar-refractivity contribution in [3.63, 3.8) is 0 Å². The summed E-state index contributed by atoms with van der Waals surface area (Å²) in [6.45, 7) is 0. The number of amides is 1. The van der Waals surface area contributed by atoms with Crippen LogP contribution in [0.25, 0.3) is 0 Å². The Morgan fingerprint density at radius 3 is 3.00 bits per heavy atom. The fourth-order valence-electron chi connectivity index (χ4n) is 1.84. The number of nitrogens with zero attached hydrogens (tertiary/aromatic N) is 1. The highest BCUT2D eigenvalue weighted by molar-refractivity contribution is 8.02. The second-order valence-corrected chi connectivity index (χ2v) is 7.15. The summed E-state index contributed by atoms with van der Waals surface area (Å²) in [4.78, 5) is 25.4. The fraction of sp³-hybridized carbons (Fsp3) is 0.273. The molecule has 0 saturated heterocycles. The van der Waals surface area contributed by atoms with Gasteiger partial charge < -0.3 is 10.6 Å². The van der Waals surface area contributed by atoms with E-state index in [1.54, 1.807) is 34.9 Å². The molecule has 2 aliphatic rings. The molecule has 0 saturated carbocycles. The molecular formula is C11H10N2O2S3. The van der Waals surface area contributed by atoms with Crippen LogP contribution in [0.1, 0.15) is 10.4 Å². The Morgan fingerprint density at radius 2 is 2.33 bits per heavy atom. The van der Waals surface area contributed by atoms with Crippen molar-refractivity contribution in [3.8, 4) is 0 Å². The number of thioether (sulfide) groups is 2. The van der Waals surface area contributed by atoms with Crippen LogP contribution in [0.5, 0.6) is 0 Å². The van der Waals surface area contributed by atoms with Crippen LogP contribution >= 0.6 is 34.9 Å². The molecule has 0 radical (unpaired) electrons. The Bertz CT molecular complexity index is 552. The zero-order valence-corrected chi connectivity index (χ0v) is 11.7. The molecule has 1 aromatic rings. The highest BCUT2D eigenvalue weighted by Gasteiger charge is 2.34. The number of carbonyl (C=O) groups is 2. The van der Waals surface area contributed by atoms with E-state index in [4.69, 9.17) is 5.73 Å². The minimum absolute atomic E-state index is 0.130. The molecule has 2 aliphatic heterocycles. The molecule has 1 amide bonds. The zero-order valence-electron chi connectivity index (χ0n) is 9.29. The number of rotatable bonds is 2. The zero-order chi connectivity index (χ0) is 12.7. The van der Waals surface area contributed by atoms with Gasteiger partial charge in [-0.2, -0.15) is 0 Å². The molecule has 18 heavy (non-hydrogen) atoms. The second-order valence-electron chi connectivity index (χ2n) is 3.97. The summed E-state index contributed by atoms with van der Waals surface area (Å²) in [7, 11) is 0. The normalized spacial score (nSPS) is 22.3. The molecular weight excluding hydrogens is 288 g/mol. The van der Waals surface area contributed by atoms with Crippen molar-refractivity contribution < 1.29 is 9.59 Å². The van der Waals surface area contributed by atoms with E-state index in [-0.39, 0.29) is 5.78 Å². The van der Waals surface area contributed by atoms with E-state index in [9.17, 15) is 9.59 Å². The van der Waals surface area contributed by atoms with E-state index < -0.39 is 11.8 Å². The monoisotopic (exact) mass is 298 g/mol. The third-order valence-electron chi connectivity index (χ3n) is 2.83. The molecule has 0 fully saturated rings. The van der Waals surface area contributed by atoms with Crippen molar-refractivity contribution in [1.29, 1.82) is 0 Å². The van der Waals surface area contributed by atoms with Gasteiger partial charge in [-0.25, -0.2) is 0 Å². The number of anilines is 1. The van der Waals surface area contributed by atoms with Gasteiger partial charge in [-0.1, -0.05) is 0 Å². The number of hydrogen-bond donors (Lipinski definition) is 1. The van der Waals surface area contributed by atoms with Crippen LogP contribution in [-0.2, 0) is 4.79 Å². The first-order valence-electron chi connectivity index (χ1n) is 5.32. The number of primary amides is 1. The van der Waals surface area contributed by atoms with Crippen molar-refractivity contribution >= 4 is 51.6 Å². The Labute approximate surface area is 117 Å². The molecule has 3 rings (SSSR count). The Hall–Kier alpha value is -0.920. The number of thiophene rings is 1. The highest BCUT2D eigenvalue weighted by Crippen LogP contribution is 2.43. The number of carbonyl (C=O) groups excluding carboxylic acids is 2. The van der Waals surface area contributed by atoms with Gasteiger partial charge in [0, 0.05) is 17.5 Å². The van der Waals surface area contributed by atoms with Crippen LogP contribution in [0.2, 0.25) is 0 Å². The number of nitrogens with two attached hydrogens (primary N) is 1. The van der Waals surface area contributed by atoms with Crippen LogP contribution in [0.4, 0.5) is 5.00 Å². The summed E-state index contributed by atoms with van der Waals surface area (Å²) in [5.74, 6) is 0.00832. The Balaban J connectivity index is 1.93. The number of fused-ring (bicyclic) bond motifs is 1. The molecule has 0 bridgehead atoms. The lowest BCUT2D eigenvalue weighted by Crippen LogP contribution is -2.34. The Morgan fingerprint density at radius 1 is 1.50 bits per heavy atom. The topological polar surface area (TPSA) is 63.4 Å². The first-order valence-corrected chi connectivity index (χ1v) is 8.17. The average molecular weight is 298 g/mol. The van der Waals surface area contributed by atoms with Gasteiger partial charge in [0.05, 0.1) is 15.1 Å². The molecule has 1 unspecified atom stereocenters. The van der Waals surface area contributed by atoms with Crippen LogP contribution < -0.4 is 10.6 Å². The van der Waals surface area contributed by atoms with Gasteiger partial charge in [0.2, 0.25) is 5.91 Å². The number of ketones is 1. The molecule has 4 nitrogen and oxygen atoms in total. The van der Waals surface area contributed by atoms with E-state index in [1.807, 2.05) is 17.7 Å². The van der Waals surface area contributed by atoms with Gasteiger partial charge in [0.1, 0.15) is 5.92 Å². The minimum atomic E-state index is -0.673. The van der Waals surface area contributed by atoms with Crippen LogP contribution in [0, 0.1) is 5.92 Å². The van der Waals surface area contributed by atoms with Crippen molar-refractivity contribution in [2.75, 3.05) is 16.5 Å². The smallest absolute Gasteiger partial charge is 0.229 e. The molecule has 0 aliphatic carbocycles. The van der Waals surface area contributed by atoms with Gasteiger partial charge in [-0.3, -0.25) is 9.59 Å². The first kappa shape index (κ1) is 12.1. The summed E-state index contributed by atoms with van der Waals surface area (Å²) in [6.07, 6.45) is 2.00. The summed E-state index contributed by atoms with van der Waals surface area (Å²) in [6, 6.07) is 1.88. The third-order valence-corrected chi connectivity index (χ3v) is 6.12. The standard InChI is InChI=1S/C11H10N2O2S3/c12-10(15)7-4-17-11-6(9(7)14)3-8(18-11)13-1-2-16-5-13/h1-3,7H,4-5H2,(H2,12,15). The summed E-state index contributed by atoms with van der Waals surface area (Å²) < 4.78 is 0.998. The van der Waals surface area contributed by atoms with Gasteiger partial charge in [-0.05, 0) is 11.5 Å². The predicted octanol–water partition coefficient (Wildman–Crippen LogP) is 2.12. The van der Waals surface area contributed by atoms with E-state index >= 15 is 0 Å². The van der Waals surface area contributed by atoms with E-state index in [0.717, 1.165) is 15.1 Å². The maximum absolute atomic E-state index is 12.1. The van der Waals surface area contributed by atoms with E-state index in [0.29, 0.717) is 11.3 Å². The first-order chi connectivity index (χ1) is 8.66. The van der Waals surface area contributed by atoms with Gasteiger partial charge in [0.15, 0.2) is 5.78 Å². The molecule has 2 N–H and O–H groups in total. The van der Waals surface area contributed by atoms with Gasteiger partial charge in [-0.15, -0.1) is 34.9 Å². The van der Waals surface area contributed by atoms with E-state index in [2.05, 4.69) is 4.90 Å². The van der Waals surface area contributed by atoms with Crippen molar-refractivity contribution in [2.24, 2.45) is 11.7 Å². The van der Waals surface area contributed by atoms with Crippen molar-refractivity contribution in [3.05, 3.63) is 23.2 Å². The lowest BCUT2D eigenvalue weighted by Gasteiger charge is -2.16. The lowest BCUT2D eigenvalue weighted by atomic mass is 10.0. The quantitative estimate of drug-likeness (QED) is 0.847. The van der Waals surface area contributed by atoms with Crippen LogP contribution in [-0.4, -0.2) is 23.3 Å². The molecule has 0 aromatic carbocycles. The maximum Gasteiger partial charge on any atom is 0.229 e. The lowest BCUT2D eigenvalue weighted by molar-refractivity contribution is -0.119. The van der Waals surface area contributed by atoms with Crippen molar-refractivity contribution in [1.82, 2.24) is 0 Å². The molecule has 0 spiro atoms. The summed E-state index contributed by atoms with van der Waals surface area (Å²) in [5, 5.41) is 3.08. The molecule has 1 atom stereocenters. The third kappa shape index (κ3) is 1.96. The van der Waals surface area contributed by atoms with Crippen LogP contribution in [0.3, 0.4) is 0 Å². The average Bonchev–Trinajstić information content (AvgIpc) is 2.97.